The number of guanidine groups is 2. The summed E-state index contributed by atoms with van der Waals surface area (Å²) in [6.45, 7) is 11.1. The van der Waals surface area contributed by atoms with Gasteiger partial charge in [-0.3, -0.25) is 82.4 Å². The zero-order valence-electron chi connectivity index (χ0n) is 73.0. The number of aromatic nitrogens is 2. The molecule has 46 nitrogen and oxygen atoms in total. The number of nitro benzene ring substituents is 1. The van der Waals surface area contributed by atoms with E-state index in [2.05, 4.69) is 84.1 Å². The summed E-state index contributed by atoms with van der Waals surface area (Å²) in [5, 5.41) is 80.9. The number of rotatable bonds is 62. The molecule has 47 heteroatoms. The Kier molecular flexibility index (Phi) is 49.7. The molecule has 0 spiro atoms. The number of anilines is 1. The molecule has 0 saturated heterocycles. The van der Waals surface area contributed by atoms with Gasteiger partial charge in [0, 0.05) is 38.4 Å². The van der Waals surface area contributed by atoms with Crippen LogP contribution in [0.5, 0.6) is 0 Å². The molecule has 0 aliphatic heterocycles. The Balaban J connectivity index is 1.95. The van der Waals surface area contributed by atoms with E-state index in [4.69, 9.17) is 49.5 Å². The first kappa shape index (κ1) is 108. The molecule has 2 aromatic carbocycles. The number of carbonyl (C=O) groups excluding carboxylic acids is 13. The number of nitro groups is 1. The minimum atomic E-state index is -1.93. The molecule has 0 bridgehead atoms. The molecule has 704 valence electrons. The van der Waals surface area contributed by atoms with Crippen LogP contribution in [0.25, 0.3) is 11.0 Å². The van der Waals surface area contributed by atoms with Gasteiger partial charge in [-0.15, -0.1) is 11.8 Å². The molecule has 1 aromatic heterocycles. The number of esters is 1. The number of aliphatic imine (C=N–C) groups is 2. The predicted octanol–water partition coefficient (Wildman–Crippen LogP) is -4.52. The second-order valence-electron chi connectivity index (χ2n) is 31.6. The van der Waals surface area contributed by atoms with Crippen LogP contribution in [0.3, 0.4) is 0 Å². The smallest absolute Gasteiger partial charge is 0.326 e. The number of nitrogens with zero attached hydrogens (tertiary/aromatic N) is 6. The summed E-state index contributed by atoms with van der Waals surface area (Å²) >= 11 is 0.801. The van der Waals surface area contributed by atoms with Crippen molar-refractivity contribution in [3.63, 3.8) is 0 Å². The third-order valence-electron chi connectivity index (χ3n) is 19.6. The van der Waals surface area contributed by atoms with Crippen molar-refractivity contribution in [3.8, 4) is 0 Å². The second kappa shape index (κ2) is 57.8. The van der Waals surface area contributed by atoms with E-state index in [-0.39, 0.29) is 131 Å². The molecule has 0 unspecified atom stereocenters. The maximum atomic E-state index is 14.8. The second-order valence-corrected chi connectivity index (χ2v) is 32.6. The third-order valence-corrected chi connectivity index (χ3v) is 20.6. The van der Waals surface area contributed by atoms with Gasteiger partial charge in [0.2, 0.25) is 76.4 Å². The quantitative estimate of drug-likeness (QED) is 0.00632. The van der Waals surface area contributed by atoms with Gasteiger partial charge in [0.1, 0.15) is 73.1 Å². The summed E-state index contributed by atoms with van der Waals surface area (Å²) in [5.74, 6) is -16.4. The van der Waals surface area contributed by atoms with Crippen LogP contribution in [-0.4, -0.2) is 275 Å². The van der Waals surface area contributed by atoms with Crippen molar-refractivity contribution in [2.75, 3.05) is 82.5 Å². The minimum Gasteiger partial charge on any atom is -0.480 e. The lowest BCUT2D eigenvalue weighted by Gasteiger charge is -2.28. The molecular formula is C79H131N25O21S. The highest BCUT2D eigenvalue weighted by atomic mass is 32.2. The summed E-state index contributed by atoms with van der Waals surface area (Å²) in [6.07, 6.45) is 2.16. The Morgan fingerprint density at radius 3 is 1.44 bits per heavy atom. The average molecular weight is 1800 g/mol. The number of nitrogens with one attached hydrogen (secondary N) is 12. The third kappa shape index (κ3) is 40.1. The Hall–Kier alpha value is -11.7. The number of aliphatic hydroxyl groups is 2. The molecule has 3 rings (SSSR count). The Morgan fingerprint density at radius 1 is 0.532 bits per heavy atom. The van der Waals surface area contributed by atoms with Crippen LogP contribution < -0.4 is 109 Å². The number of likely N-dealkylation sites (N-methyl/N-ethyl adjacent to an activating group) is 1. The van der Waals surface area contributed by atoms with Crippen molar-refractivity contribution in [1.29, 1.82) is 0 Å². The van der Waals surface area contributed by atoms with Crippen molar-refractivity contribution in [3.05, 3.63) is 58.1 Å². The van der Waals surface area contributed by atoms with Gasteiger partial charge in [-0.1, -0.05) is 98.6 Å². The zero-order chi connectivity index (χ0) is 94.3. The monoisotopic (exact) mass is 1800 g/mol. The van der Waals surface area contributed by atoms with Crippen LogP contribution in [0.1, 0.15) is 151 Å². The van der Waals surface area contributed by atoms with E-state index in [1.165, 1.54) is 12.1 Å². The molecule has 0 radical (unpaired) electrons. The van der Waals surface area contributed by atoms with Gasteiger partial charge in [-0.2, -0.15) is 0 Å². The summed E-state index contributed by atoms with van der Waals surface area (Å²) in [6, 6.07) is -6.82. The molecule has 0 aliphatic rings. The van der Waals surface area contributed by atoms with E-state index in [0.717, 1.165) is 11.8 Å². The predicted molar refractivity (Wildman–Crippen MR) is 468 cm³/mol. The maximum Gasteiger partial charge on any atom is 0.326 e. The summed E-state index contributed by atoms with van der Waals surface area (Å²) < 4.78 is 10.2. The average Bonchev–Trinajstić information content (AvgIpc) is 1.65. The van der Waals surface area contributed by atoms with Gasteiger partial charge in [-0.25, -0.2) is 9.42 Å². The fourth-order valence-electron chi connectivity index (χ4n) is 12.6. The topological polar surface area (TPSA) is 745 Å². The number of non-ortho nitro benzene ring substituents is 1. The highest BCUT2D eigenvalue weighted by molar-refractivity contribution is 8.00. The number of nitrogens with two attached hydrogens (primary N) is 7. The van der Waals surface area contributed by atoms with Gasteiger partial charge in [0.15, 0.2) is 17.4 Å². The summed E-state index contributed by atoms with van der Waals surface area (Å²) in [5.41, 5.74) is 40.0. The number of carbonyl (C=O) groups is 14. The lowest BCUT2D eigenvalue weighted by Crippen LogP contribution is -2.62. The lowest BCUT2D eigenvalue weighted by molar-refractivity contribution is -0.383. The van der Waals surface area contributed by atoms with E-state index < -0.39 is 203 Å². The van der Waals surface area contributed by atoms with Crippen molar-refractivity contribution in [2.45, 2.75) is 224 Å². The highest BCUT2D eigenvalue weighted by Gasteiger charge is 2.38. The number of benzene rings is 2. The number of hydrogen-bond acceptors (Lipinski definition) is 29. The van der Waals surface area contributed by atoms with Crippen LogP contribution in [-0.2, 0) is 78.3 Å². The number of aliphatic carboxylic acids is 1. The van der Waals surface area contributed by atoms with Gasteiger partial charge in [0.05, 0.1) is 48.7 Å². The van der Waals surface area contributed by atoms with E-state index in [0.29, 0.717) is 56.3 Å². The minimum absolute atomic E-state index is 0.00234. The fraction of sp³-hybridized carbons (Fsp3) is 0.646. The first-order valence-electron chi connectivity index (χ1n) is 41.9. The molecule has 1 heterocycles. The number of thioether (sulfide) groups is 1. The first-order chi connectivity index (χ1) is 59.7. The van der Waals surface area contributed by atoms with E-state index in [9.17, 15) is 92.6 Å². The Morgan fingerprint density at radius 2 is 0.960 bits per heavy atom. The fourth-order valence-corrected chi connectivity index (χ4v) is 13.5. The lowest BCUT2D eigenvalue weighted by atomic mass is 9.96. The number of ether oxygens (including phenoxy) is 1. The maximum absolute atomic E-state index is 14.8. The highest BCUT2D eigenvalue weighted by Crippen LogP contribution is 2.31. The standard InChI is InChI=1S/C79H131N25O21S/c1-10-46(8)63(100-72(115)54(36-45(6)7)94-66(109)48(82)22-14-16-28-80)76(119)89-38-61(107)90-58(41-126-42-62(108)124-33-32-103(9)59-26-27-60(104(122)123)65-64(59)101-125-102-65)75(118)96-53(35-44(4)5)70(113)98-57(40-106)74(117)99-56(39-105)73(116)95-52(34-43(2)3)69(112)97-55(37-47-20-12-11-13-21-47)71(114)92-49(24-18-30-87-78(83)84)67(110)91-50(25-19-31-88-79(85)86)68(111)93-51(77(120)121)23-15-17-29-81/h11-13,20-21,26-27,43-46,48-58,63,105-106H,10,14-19,22-25,28-42,80-82H2,1-9H3,(H,89,119)(H,90,107)(H,91,110)(H,92,114)(H,93,111)(H,94,109)(H,95,116)(H,96,118)(H,97,112)(H,98,113)(H,99,117)(H,100,115)(H,120,121)(H4,83,84,87)(H4,85,86,88)/t46-,48-,49-,50-,51-,52-,53-,54-,55-,56-,57-,58-,63-/m0/s1. The van der Waals surface area contributed by atoms with Crippen molar-refractivity contribution in [2.24, 2.45) is 73.8 Å². The summed E-state index contributed by atoms with van der Waals surface area (Å²) in [4.78, 5) is 217. The van der Waals surface area contributed by atoms with Gasteiger partial charge in [-0.05, 0) is 136 Å². The molecule has 0 aliphatic carbocycles. The Bertz CT molecular complexity index is 4100. The molecule has 0 fully saturated rings. The molecule has 12 amide bonds. The van der Waals surface area contributed by atoms with Gasteiger partial charge < -0.3 is 129 Å². The van der Waals surface area contributed by atoms with Gasteiger partial charge >= 0.3 is 17.6 Å². The molecular weight excluding hydrogens is 1670 g/mol. The summed E-state index contributed by atoms with van der Waals surface area (Å²) in [7, 11) is 1.59. The molecule has 126 heavy (non-hydrogen) atoms. The van der Waals surface area contributed by atoms with E-state index >= 15 is 0 Å². The molecule has 0 saturated carbocycles. The van der Waals surface area contributed by atoms with Crippen LogP contribution in [0.15, 0.2) is 57.1 Å². The molecule has 29 N–H and O–H groups in total. The zero-order valence-corrected chi connectivity index (χ0v) is 73.8. The van der Waals surface area contributed by atoms with E-state index in [1.54, 1.807) is 83.8 Å². The van der Waals surface area contributed by atoms with Crippen molar-refractivity contribution >= 4 is 129 Å². The number of hydrogen-bond donors (Lipinski definition) is 22. The molecule has 13 atom stereocenters. The van der Waals surface area contributed by atoms with Crippen LogP contribution in [0.4, 0.5) is 11.4 Å². The van der Waals surface area contributed by atoms with Crippen LogP contribution in [0.2, 0.25) is 0 Å². The van der Waals surface area contributed by atoms with E-state index in [1.807, 2.05) is 13.8 Å². The number of carboxylic acids is 1. The number of aliphatic hydroxyl groups excluding tert-OH is 2. The number of unbranched alkanes of at least 4 members (excludes halogenated alkanes) is 2. The number of amides is 12. The molecule has 3 aromatic rings. The van der Waals surface area contributed by atoms with Crippen LogP contribution >= 0.6 is 11.8 Å². The normalized spacial score (nSPS) is 14.3. The van der Waals surface area contributed by atoms with Crippen LogP contribution in [0, 0.1) is 33.8 Å². The largest absolute Gasteiger partial charge is 0.480 e. The van der Waals surface area contributed by atoms with Crippen molar-refractivity contribution < 1.29 is 96.7 Å². The first-order valence-corrected chi connectivity index (χ1v) is 43.0. The number of fused-ring (bicyclic) bond motifs is 1. The Labute approximate surface area is 735 Å². The number of carboxylic acid groups (broad SMARTS) is 1. The SMILES string of the molecule is CC[C@H](C)[C@H](NC(=O)[C@H](CC(C)C)NC(=O)[C@@H](N)CCCCN)C(=O)NCC(=O)N[C@@H](CSCC(=O)OCCN(C)c1ccc([N+](=O)[O-])c2nonc12)C(=O)N[C@@H](CC(C)C)C(=O)N[C@@H](CO)C(=O)N[C@@H](CO)C(=O)N[C@@H](CC(C)C)C(=O)N[C@@H](Cc1ccccc1)C(=O)N[C@@H](CCCN=C(N)N)C(=O)N[C@@H](CCCN=C(N)N)C(=O)N[C@@H](CCCCN)C(=O)O. The van der Waals surface area contributed by atoms with Gasteiger partial charge in [0.25, 0.3) is 0 Å². The van der Waals surface area contributed by atoms with Crippen molar-refractivity contribution in [1.82, 2.24) is 74.1 Å².